The van der Waals surface area contributed by atoms with Crippen LogP contribution in [0.2, 0.25) is 0 Å². The molecule has 1 N–H and O–H groups in total. The van der Waals surface area contributed by atoms with Crippen LogP contribution >= 0.6 is 24.0 Å². The molecular formula is C21H32IN5O2. The van der Waals surface area contributed by atoms with Gasteiger partial charge in [0.25, 0.3) is 5.89 Å². The summed E-state index contributed by atoms with van der Waals surface area (Å²) in [6, 6.07) is 8.17. The van der Waals surface area contributed by atoms with Crippen molar-refractivity contribution in [3.63, 3.8) is 0 Å². The molecule has 0 bridgehead atoms. The van der Waals surface area contributed by atoms with Crippen LogP contribution in [0, 0.1) is 5.92 Å². The van der Waals surface area contributed by atoms with E-state index in [1.54, 1.807) is 7.11 Å². The molecular weight excluding hydrogens is 481 g/mol. The van der Waals surface area contributed by atoms with Crippen LogP contribution in [0.25, 0.3) is 11.5 Å². The van der Waals surface area contributed by atoms with Gasteiger partial charge in [-0.1, -0.05) is 24.2 Å². The Morgan fingerprint density at radius 2 is 2.24 bits per heavy atom. The fraction of sp³-hybridized carbons (Fsp3) is 0.571. The zero-order valence-electron chi connectivity index (χ0n) is 17.6. The van der Waals surface area contributed by atoms with E-state index in [1.807, 2.05) is 12.1 Å². The quantitative estimate of drug-likeness (QED) is 0.330. The zero-order chi connectivity index (χ0) is 19.8. The first kappa shape index (κ1) is 23.6. The standard InChI is InChI=1S/C21H31N5O2.HI/c1-4-7-19-24-20(28-25-19)18-9-6-8-16(12-18)13-23-21(22-5-2)26-11-10-17(14-26)15-27-3;/h6,8-9,12,17H,4-5,7,10-11,13-15H2,1-3H3,(H,22,23);1H. The van der Waals surface area contributed by atoms with Crippen molar-refractivity contribution in [1.29, 1.82) is 0 Å². The van der Waals surface area contributed by atoms with Crippen LogP contribution in [-0.2, 0) is 17.7 Å². The molecule has 0 amide bonds. The molecule has 1 aliphatic rings. The van der Waals surface area contributed by atoms with Crippen LogP contribution in [0.4, 0.5) is 0 Å². The van der Waals surface area contributed by atoms with E-state index in [0.717, 1.165) is 68.4 Å². The number of aromatic nitrogens is 2. The minimum atomic E-state index is 0. The van der Waals surface area contributed by atoms with Gasteiger partial charge in [-0.3, -0.25) is 0 Å². The van der Waals surface area contributed by atoms with Crippen LogP contribution in [0.1, 0.15) is 38.1 Å². The molecule has 2 heterocycles. The Morgan fingerprint density at radius 1 is 1.38 bits per heavy atom. The summed E-state index contributed by atoms with van der Waals surface area (Å²) in [6.45, 7) is 8.48. The highest BCUT2D eigenvalue weighted by Gasteiger charge is 2.24. The Hall–Kier alpha value is -1.68. The fourth-order valence-corrected chi connectivity index (χ4v) is 3.49. The molecule has 0 spiro atoms. The van der Waals surface area contributed by atoms with E-state index >= 15 is 0 Å². The number of methoxy groups -OCH3 is 1. The highest BCUT2D eigenvalue weighted by molar-refractivity contribution is 14.0. The molecule has 1 atom stereocenters. The summed E-state index contributed by atoms with van der Waals surface area (Å²) in [5.41, 5.74) is 2.06. The molecule has 8 heteroatoms. The summed E-state index contributed by atoms with van der Waals surface area (Å²) in [5, 5.41) is 7.46. The van der Waals surface area contributed by atoms with Gasteiger partial charge in [0.15, 0.2) is 11.8 Å². The molecule has 7 nitrogen and oxygen atoms in total. The molecule has 2 aromatic rings. The summed E-state index contributed by atoms with van der Waals surface area (Å²) in [6.07, 6.45) is 2.98. The van der Waals surface area contributed by atoms with Gasteiger partial charge >= 0.3 is 0 Å². The van der Waals surface area contributed by atoms with E-state index in [2.05, 4.69) is 46.3 Å². The molecule has 1 aromatic heterocycles. The number of hydrogen-bond donors (Lipinski definition) is 1. The highest BCUT2D eigenvalue weighted by Crippen LogP contribution is 2.20. The molecule has 0 saturated carbocycles. The second kappa shape index (κ2) is 12.1. The van der Waals surface area contributed by atoms with E-state index in [0.29, 0.717) is 18.4 Å². The SMILES string of the molecule is CCCc1noc(-c2cccc(CN=C(NCC)N3CCC(COC)C3)c2)n1.I. The smallest absolute Gasteiger partial charge is 0.257 e. The highest BCUT2D eigenvalue weighted by atomic mass is 127. The fourth-order valence-electron chi connectivity index (χ4n) is 3.49. The molecule has 1 fully saturated rings. The van der Waals surface area contributed by atoms with Gasteiger partial charge < -0.3 is 19.5 Å². The number of rotatable bonds is 8. The van der Waals surface area contributed by atoms with Gasteiger partial charge in [0.1, 0.15) is 0 Å². The maximum Gasteiger partial charge on any atom is 0.257 e. The molecule has 1 unspecified atom stereocenters. The third-order valence-corrected chi connectivity index (χ3v) is 4.85. The molecule has 1 aliphatic heterocycles. The average Bonchev–Trinajstić information content (AvgIpc) is 3.36. The lowest BCUT2D eigenvalue weighted by molar-refractivity contribution is 0.157. The van der Waals surface area contributed by atoms with Gasteiger partial charge in [0.2, 0.25) is 0 Å². The zero-order valence-corrected chi connectivity index (χ0v) is 19.9. The van der Waals surface area contributed by atoms with Crippen molar-refractivity contribution in [1.82, 2.24) is 20.4 Å². The number of nitrogens with zero attached hydrogens (tertiary/aromatic N) is 4. The molecule has 3 rings (SSSR count). The Labute approximate surface area is 190 Å². The minimum Gasteiger partial charge on any atom is -0.384 e. The third kappa shape index (κ3) is 6.67. The van der Waals surface area contributed by atoms with Crippen molar-refractivity contribution in [3.8, 4) is 11.5 Å². The van der Waals surface area contributed by atoms with E-state index in [4.69, 9.17) is 14.3 Å². The predicted molar refractivity (Wildman–Crippen MR) is 126 cm³/mol. The average molecular weight is 513 g/mol. The molecule has 29 heavy (non-hydrogen) atoms. The predicted octanol–water partition coefficient (Wildman–Crippen LogP) is 3.74. The summed E-state index contributed by atoms with van der Waals surface area (Å²) in [7, 11) is 1.77. The second-order valence-electron chi connectivity index (χ2n) is 7.19. The normalized spacial score (nSPS) is 16.7. The number of ether oxygens (including phenoxy) is 1. The maximum atomic E-state index is 5.41. The van der Waals surface area contributed by atoms with Crippen molar-refractivity contribution in [2.45, 2.75) is 39.7 Å². The molecule has 1 aromatic carbocycles. The van der Waals surface area contributed by atoms with Gasteiger partial charge in [0, 0.05) is 44.6 Å². The lowest BCUT2D eigenvalue weighted by atomic mass is 10.1. The maximum absolute atomic E-state index is 5.41. The van der Waals surface area contributed by atoms with Crippen LogP contribution in [0.3, 0.4) is 0 Å². The first-order valence-electron chi connectivity index (χ1n) is 10.2. The first-order valence-corrected chi connectivity index (χ1v) is 10.2. The third-order valence-electron chi connectivity index (χ3n) is 4.85. The number of aryl methyl sites for hydroxylation is 1. The van der Waals surface area contributed by atoms with E-state index in [-0.39, 0.29) is 24.0 Å². The lowest BCUT2D eigenvalue weighted by Crippen LogP contribution is -2.40. The number of nitrogens with one attached hydrogen (secondary N) is 1. The summed E-state index contributed by atoms with van der Waals surface area (Å²) in [5.74, 6) is 2.87. The van der Waals surface area contributed by atoms with Crippen molar-refractivity contribution in [3.05, 3.63) is 35.7 Å². The van der Waals surface area contributed by atoms with E-state index in [9.17, 15) is 0 Å². The van der Waals surface area contributed by atoms with Crippen LogP contribution in [-0.4, -0.2) is 54.4 Å². The number of guanidine groups is 1. The van der Waals surface area contributed by atoms with Crippen molar-refractivity contribution >= 4 is 29.9 Å². The Balaban J connectivity index is 0.00000300. The molecule has 160 valence electrons. The van der Waals surface area contributed by atoms with Gasteiger partial charge in [0.05, 0.1) is 13.2 Å². The number of likely N-dealkylation sites (tertiary alicyclic amines) is 1. The van der Waals surface area contributed by atoms with Gasteiger partial charge in [-0.25, -0.2) is 4.99 Å². The van der Waals surface area contributed by atoms with Gasteiger partial charge in [-0.05, 0) is 37.5 Å². The van der Waals surface area contributed by atoms with Crippen LogP contribution in [0.15, 0.2) is 33.8 Å². The van der Waals surface area contributed by atoms with Crippen LogP contribution < -0.4 is 5.32 Å². The largest absolute Gasteiger partial charge is 0.384 e. The van der Waals surface area contributed by atoms with Crippen molar-refractivity contribution in [2.24, 2.45) is 10.9 Å². The summed E-state index contributed by atoms with van der Waals surface area (Å²) in [4.78, 5) is 11.7. The monoisotopic (exact) mass is 513 g/mol. The van der Waals surface area contributed by atoms with E-state index < -0.39 is 0 Å². The summed E-state index contributed by atoms with van der Waals surface area (Å²) >= 11 is 0. The van der Waals surface area contributed by atoms with E-state index in [1.165, 1.54) is 0 Å². The number of hydrogen-bond acceptors (Lipinski definition) is 5. The van der Waals surface area contributed by atoms with Crippen LogP contribution in [0.5, 0.6) is 0 Å². The molecule has 0 radical (unpaired) electrons. The second-order valence-corrected chi connectivity index (χ2v) is 7.19. The lowest BCUT2D eigenvalue weighted by Gasteiger charge is -2.21. The van der Waals surface area contributed by atoms with Gasteiger partial charge in [-0.2, -0.15) is 4.98 Å². The minimum absolute atomic E-state index is 0. The van der Waals surface area contributed by atoms with Gasteiger partial charge in [-0.15, -0.1) is 24.0 Å². The molecule has 0 aliphatic carbocycles. The number of benzene rings is 1. The summed E-state index contributed by atoms with van der Waals surface area (Å²) < 4.78 is 10.7. The number of aliphatic imine (C=N–C) groups is 1. The number of halogens is 1. The van der Waals surface area contributed by atoms with Crippen molar-refractivity contribution in [2.75, 3.05) is 33.4 Å². The Morgan fingerprint density at radius 3 is 3.00 bits per heavy atom. The topological polar surface area (TPSA) is 75.8 Å². The van der Waals surface area contributed by atoms with Crippen molar-refractivity contribution < 1.29 is 9.26 Å². The Bertz CT molecular complexity index is 780. The molecule has 1 saturated heterocycles. The first-order chi connectivity index (χ1) is 13.7. The Kier molecular flexibility index (Phi) is 9.86.